The van der Waals surface area contributed by atoms with Crippen molar-refractivity contribution in [3.63, 3.8) is 0 Å². The highest BCUT2D eigenvalue weighted by molar-refractivity contribution is 5.97. The predicted molar refractivity (Wildman–Crippen MR) is 96.8 cm³/mol. The number of nitrogens with one attached hydrogen (secondary N) is 1. The first-order valence-corrected chi connectivity index (χ1v) is 8.48. The average Bonchev–Trinajstić information content (AvgIpc) is 3.25. The smallest absolute Gasteiger partial charge is 0.253 e. The molecule has 0 aliphatic rings. The number of carbonyl (C=O) groups is 1. The molecule has 26 heavy (non-hydrogen) atoms. The van der Waals surface area contributed by atoms with Gasteiger partial charge in [-0.3, -0.25) is 9.20 Å². The number of hydrogen-bond acceptors (Lipinski definition) is 5. The minimum atomic E-state index is -0.297. The van der Waals surface area contributed by atoms with E-state index >= 15 is 0 Å². The average molecular weight is 349 g/mol. The summed E-state index contributed by atoms with van der Waals surface area (Å²) in [6.45, 7) is 5.96. The van der Waals surface area contributed by atoms with Gasteiger partial charge in [0, 0.05) is 23.8 Å². The third-order valence-electron chi connectivity index (χ3n) is 4.26. The zero-order valence-corrected chi connectivity index (χ0v) is 14.8. The number of fused-ring (bicyclic) bond motifs is 2. The van der Waals surface area contributed by atoms with Crippen LogP contribution >= 0.6 is 0 Å². The lowest BCUT2D eigenvalue weighted by Gasteiger charge is -2.12. The number of hydrogen-bond donors (Lipinski definition) is 1. The zero-order valence-electron chi connectivity index (χ0n) is 14.8. The summed E-state index contributed by atoms with van der Waals surface area (Å²) in [6, 6.07) is 7.39. The number of aromatic nitrogens is 6. The molecule has 1 unspecified atom stereocenters. The summed E-state index contributed by atoms with van der Waals surface area (Å²) in [5, 5.41) is 16.4. The van der Waals surface area contributed by atoms with Gasteiger partial charge in [-0.2, -0.15) is 5.10 Å². The molecule has 4 aromatic heterocycles. The van der Waals surface area contributed by atoms with Crippen LogP contribution in [0.15, 0.2) is 42.9 Å². The van der Waals surface area contributed by atoms with Gasteiger partial charge in [0.25, 0.3) is 5.91 Å². The van der Waals surface area contributed by atoms with Crippen molar-refractivity contribution < 1.29 is 4.79 Å². The fourth-order valence-corrected chi connectivity index (χ4v) is 2.94. The van der Waals surface area contributed by atoms with Crippen molar-refractivity contribution in [3.8, 4) is 0 Å². The number of amides is 1. The summed E-state index contributed by atoms with van der Waals surface area (Å²) >= 11 is 0. The predicted octanol–water partition coefficient (Wildman–Crippen LogP) is 2.55. The second-order valence-corrected chi connectivity index (χ2v) is 6.50. The molecule has 8 nitrogen and oxygen atoms in total. The van der Waals surface area contributed by atoms with E-state index in [1.54, 1.807) is 18.5 Å². The maximum absolute atomic E-state index is 12.6. The van der Waals surface area contributed by atoms with Gasteiger partial charge < -0.3 is 5.32 Å². The van der Waals surface area contributed by atoms with E-state index in [9.17, 15) is 4.79 Å². The Kier molecular flexibility index (Phi) is 3.87. The number of pyridine rings is 2. The van der Waals surface area contributed by atoms with Gasteiger partial charge in [0.15, 0.2) is 17.1 Å². The Hall–Kier alpha value is -3.29. The molecule has 0 radical (unpaired) electrons. The van der Waals surface area contributed by atoms with Gasteiger partial charge in [0.2, 0.25) is 0 Å². The number of rotatable bonds is 4. The normalized spacial score (nSPS) is 12.8. The summed E-state index contributed by atoms with van der Waals surface area (Å²) in [5.74, 6) is 0.465. The van der Waals surface area contributed by atoms with E-state index in [1.165, 1.54) is 0 Å². The Bertz CT molecular complexity index is 1100. The van der Waals surface area contributed by atoms with Crippen LogP contribution in [0, 0.1) is 0 Å². The number of carbonyl (C=O) groups excluding carboxylic acids is 1. The largest absolute Gasteiger partial charge is 0.342 e. The number of nitrogens with zero attached hydrogens (tertiary/aromatic N) is 6. The Balaban J connectivity index is 1.58. The molecule has 4 aromatic rings. The maximum atomic E-state index is 12.6. The molecule has 1 N–H and O–H groups in total. The third kappa shape index (κ3) is 2.69. The van der Waals surface area contributed by atoms with Gasteiger partial charge >= 0.3 is 0 Å². The van der Waals surface area contributed by atoms with Crippen molar-refractivity contribution in [3.05, 3.63) is 54.2 Å². The van der Waals surface area contributed by atoms with Crippen molar-refractivity contribution >= 4 is 22.6 Å². The molecule has 0 aliphatic carbocycles. The van der Waals surface area contributed by atoms with Crippen molar-refractivity contribution in [2.24, 2.45) is 0 Å². The van der Waals surface area contributed by atoms with Crippen molar-refractivity contribution in [2.45, 2.75) is 32.9 Å². The minimum Gasteiger partial charge on any atom is -0.342 e. The van der Waals surface area contributed by atoms with Crippen molar-refractivity contribution in [1.82, 2.24) is 34.7 Å². The lowest BCUT2D eigenvalue weighted by molar-refractivity contribution is 0.0938. The van der Waals surface area contributed by atoms with Gasteiger partial charge in [0.1, 0.15) is 0 Å². The van der Waals surface area contributed by atoms with Crippen LogP contribution in [0.2, 0.25) is 0 Å². The summed E-state index contributed by atoms with van der Waals surface area (Å²) in [5.41, 5.74) is 2.00. The SMILES string of the molecule is CC(NC(=O)c1cnc2c(cnn2C(C)C)c1)c1nnc2ccccn12. The molecule has 0 fully saturated rings. The van der Waals surface area contributed by atoms with E-state index < -0.39 is 0 Å². The second kappa shape index (κ2) is 6.21. The molecule has 4 heterocycles. The molecule has 132 valence electrons. The Morgan fingerprint density at radius 3 is 2.81 bits per heavy atom. The summed E-state index contributed by atoms with van der Waals surface area (Å²) in [7, 11) is 0. The van der Waals surface area contributed by atoms with Crippen LogP contribution in [0.5, 0.6) is 0 Å². The van der Waals surface area contributed by atoms with E-state index in [2.05, 4.69) is 25.6 Å². The topological polar surface area (TPSA) is 90.0 Å². The maximum Gasteiger partial charge on any atom is 0.253 e. The van der Waals surface area contributed by atoms with Gasteiger partial charge in [-0.05, 0) is 39.0 Å². The molecule has 0 saturated heterocycles. The van der Waals surface area contributed by atoms with Crippen LogP contribution < -0.4 is 5.32 Å². The molecule has 1 atom stereocenters. The fourth-order valence-electron chi connectivity index (χ4n) is 2.94. The van der Waals surface area contributed by atoms with E-state index in [4.69, 9.17) is 0 Å². The molecular formula is C18H19N7O. The van der Waals surface area contributed by atoms with Crippen LogP contribution in [0.3, 0.4) is 0 Å². The first kappa shape index (κ1) is 16.2. The Morgan fingerprint density at radius 1 is 1.15 bits per heavy atom. The quantitative estimate of drug-likeness (QED) is 0.611. The van der Waals surface area contributed by atoms with Gasteiger partial charge in [-0.1, -0.05) is 6.07 Å². The van der Waals surface area contributed by atoms with E-state index in [-0.39, 0.29) is 18.0 Å². The van der Waals surface area contributed by atoms with Gasteiger partial charge in [0.05, 0.1) is 17.8 Å². The van der Waals surface area contributed by atoms with E-state index in [1.807, 2.05) is 54.2 Å². The highest BCUT2D eigenvalue weighted by Crippen LogP contribution is 2.18. The molecule has 0 spiro atoms. The molecule has 0 aliphatic heterocycles. The lowest BCUT2D eigenvalue weighted by Crippen LogP contribution is -2.28. The molecule has 0 aromatic carbocycles. The first-order chi connectivity index (χ1) is 12.5. The van der Waals surface area contributed by atoms with Crippen LogP contribution in [0.25, 0.3) is 16.7 Å². The molecule has 4 rings (SSSR count). The standard InChI is InChI=1S/C18H19N7O/c1-11(2)25-17-13(10-20-25)8-14(9-19-17)18(26)21-12(3)16-23-22-15-6-4-5-7-24(15)16/h4-12H,1-3H3,(H,21,26). The highest BCUT2D eigenvalue weighted by Gasteiger charge is 2.18. The van der Waals surface area contributed by atoms with E-state index in [0.29, 0.717) is 11.4 Å². The second-order valence-electron chi connectivity index (χ2n) is 6.50. The van der Waals surface area contributed by atoms with Gasteiger partial charge in [-0.15, -0.1) is 10.2 Å². The van der Waals surface area contributed by atoms with Crippen LogP contribution in [0.4, 0.5) is 0 Å². The molecule has 0 saturated carbocycles. The minimum absolute atomic E-state index is 0.209. The molecule has 1 amide bonds. The lowest BCUT2D eigenvalue weighted by atomic mass is 10.2. The Labute approximate surface area is 149 Å². The fraction of sp³-hybridized carbons (Fsp3) is 0.278. The first-order valence-electron chi connectivity index (χ1n) is 8.48. The van der Waals surface area contributed by atoms with Crippen molar-refractivity contribution in [1.29, 1.82) is 0 Å². The summed E-state index contributed by atoms with van der Waals surface area (Å²) < 4.78 is 3.70. The molecule has 8 heteroatoms. The highest BCUT2D eigenvalue weighted by atomic mass is 16.1. The van der Waals surface area contributed by atoms with Crippen molar-refractivity contribution in [2.75, 3.05) is 0 Å². The Morgan fingerprint density at radius 2 is 2.00 bits per heavy atom. The summed E-state index contributed by atoms with van der Waals surface area (Å²) in [6.07, 6.45) is 5.18. The third-order valence-corrected chi connectivity index (χ3v) is 4.26. The zero-order chi connectivity index (χ0) is 18.3. The van der Waals surface area contributed by atoms with Gasteiger partial charge in [-0.25, -0.2) is 9.67 Å². The molecular weight excluding hydrogens is 330 g/mol. The monoisotopic (exact) mass is 349 g/mol. The van der Waals surface area contributed by atoms with Crippen LogP contribution in [-0.4, -0.2) is 35.3 Å². The van der Waals surface area contributed by atoms with E-state index in [0.717, 1.165) is 16.7 Å². The summed E-state index contributed by atoms with van der Waals surface area (Å²) in [4.78, 5) is 17.0. The van der Waals surface area contributed by atoms with Crippen LogP contribution in [0.1, 0.15) is 49.0 Å². The van der Waals surface area contributed by atoms with Crippen LogP contribution in [-0.2, 0) is 0 Å². The molecule has 0 bridgehead atoms.